The highest BCUT2D eigenvalue weighted by molar-refractivity contribution is 5.91. The maximum absolute atomic E-state index is 15.4. The molecule has 220 valence electrons. The number of aliphatic imine (C=N–C) groups is 1. The van der Waals surface area contributed by atoms with Gasteiger partial charge >= 0.3 is 0 Å². The Morgan fingerprint density at radius 2 is 2.05 bits per heavy atom. The molecule has 1 N–H and O–H groups in total. The molecule has 0 bridgehead atoms. The number of hydrogen-bond donors (Lipinski definition) is 1. The fraction of sp³-hybridized carbons (Fsp3) is 0.500. The van der Waals surface area contributed by atoms with E-state index in [0.717, 1.165) is 22.4 Å². The highest BCUT2D eigenvalue weighted by Gasteiger charge is 2.46. The van der Waals surface area contributed by atoms with Gasteiger partial charge in [0, 0.05) is 31.5 Å². The first-order chi connectivity index (χ1) is 19.4. The summed E-state index contributed by atoms with van der Waals surface area (Å²) in [5, 5.41) is 6.87. The summed E-state index contributed by atoms with van der Waals surface area (Å²) in [6, 6.07) is 3.89. The van der Waals surface area contributed by atoms with E-state index in [2.05, 4.69) is 20.4 Å². The van der Waals surface area contributed by atoms with Crippen molar-refractivity contribution < 1.29 is 31.5 Å². The molecular weight excluding hydrogens is 547 g/mol. The number of nitrogens with one attached hydrogen (secondary N) is 1. The van der Waals surface area contributed by atoms with E-state index < -0.39 is 36.7 Å². The molecule has 1 amide bonds. The van der Waals surface area contributed by atoms with Crippen LogP contribution < -0.4 is 10.1 Å². The smallest absolute Gasteiger partial charge is 0.285 e. The Bertz CT molecular complexity index is 1510. The number of benzene rings is 1. The quantitative estimate of drug-likeness (QED) is 0.360. The molecule has 41 heavy (non-hydrogen) atoms. The molecule has 2 aromatic heterocycles. The van der Waals surface area contributed by atoms with E-state index in [4.69, 9.17) is 4.74 Å². The number of aromatic nitrogens is 3. The van der Waals surface area contributed by atoms with Gasteiger partial charge in [0.05, 0.1) is 37.1 Å². The lowest BCUT2D eigenvalue weighted by molar-refractivity contribution is -0.140. The number of ether oxygens (including phenoxy) is 1. The van der Waals surface area contributed by atoms with Crippen molar-refractivity contribution in [3.63, 3.8) is 0 Å². The van der Waals surface area contributed by atoms with Crippen molar-refractivity contribution in [3.05, 3.63) is 35.8 Å². The second kappa shape index (κ2) is 10.9. The molecule has 0 aliphatic carbocycles. The largest absolute Gasteiger partial charge is 0.479 e. The van der Waals surface area contributed by atoms with Crippen molar-refractivity contribution in [2.75, 3.05) is 25.5 Å². The first kappa shape index (κ1) is 28.7. The van der Waals surface area contributed by atoms with Gasteiger partial charge in [-0.2, -0.15) is 4.98 Å². The number of piperidine rings is 1. The molecule has 8 nitrogen and oxygen atoms in total. The molecular formula is C28H31F5N6O2. The zero-order chi connectivity index (χ0) is 29.6. The van der Waals surface area contributed by atoms with Gasteiger partial charge in [-0.15, -0.1) is 5.10 Å². The standard InChI is InChI=1S/C28H31F5N6O2/c1-14(9-23(30)31)19-11-18-10-17(5-6-21(18)34-15(19)2)24-20(29)12-39-25(24)26(41-4)36-27(37-39)35-22-7-8-38(16(3)40)13-28(22,32)33/h5-6,10,12,14,19,22-23H,7-9,11,13H2,1-4H3,(H,35,37)/t14-,19-,22?/m1/s1. The molecule has 13 heteroatoms. The van der Waals surface area contributed by atoms with Gasteiger partial charge < -0.3 is 15.0 Å². The number of nitrogens with zero attached hydrogens (tertiary/aromatic N) is 5. The number of amides is 1. The van der Waals surface area contributed by atoms with Crippen LogP contribution >= 0.6 is 0 Å². The molecule has 0 saturated carbocycles. The van der Waals surface area contributed by atoms with Crippen LogP contribution in [-0.4, -0.2) is 69.7 Å². The lowest BCUT2D eigenvalue weighted by Gasteiger charge is -2.38. The average molecular weight is 579 g/mol. The minimum Gasteiger partial charge on any atom is -0.479 e. The van der Waals surface area contributed by atoms with E-state index in [9.17, 15) is 22.4 Å². The van der Waals surface area contributed by atoms with Gasteiger partial charge in [-0.05, 0) is 48.9 Å². The number of likely N-dealkylation sites (tertiary alicyclic amines) is 1. The maximum Gasteiger partial charge on any atom is 0.285 e. The summed E-state index contributed by atoms with van der Waals surface area (Å²) in [4.78, 5) is 21.5. The number of carbonyl (C=O) groups is 1. The van der Waals surface area contributed by atoms with Crippen LogP contribution in [0.1, 0.15) is 39.2 Å². The Kier molecular flexibility index (Phi) is 7.64. The van der Waals surface area contributed by atoms with E-state index in [1.54, 1.807) is 25.1 Å². The Labute approximate surface area is 233 Å². The molecule has 1 saturated heterocycles. The van der Waals surface area contributed by atoms with E-state index in [1.807, 2.05) is 6.92 Å². The third-order valence-electron chi connectivity index (χ3n) is 7.97. The Morgan fingerprint density at radius 3 is 2.71 bits per heavy atom. The van der Waals surface area contributed by atoms with Crippen molar-refractivity contribution in [3.8, 4) is 17.0 Å². The van der Waals surface area contributed by atoms with Crippen LogP contribution in [0.4, 0.5) is 33.6 Å². The van der Waals surface area contributed by atoms with Gasteiger partial charge in [-0.3, -0.25) is 9.79 Å². The Balaban J connectivity index is 1.47. The fourth-order valence-corrected chi connectivity index (χ4v) is 5.77. The van der Waals surface area contributed by atoms with Crippen LogP contribution in [0.5, 0.6) is 5.88 Å². The van der Waals surface area contributed by atoms with Crippen molar-refractivity contribution in [2.24, 2.45) is 16.8 Å². The van der Waals surface area contributed by atoms with Crippen molar-refractivity contribution in [1.82, 2.24) is 19.5 Å². The van der Waals surface area contributed by atoms with Crippen molar-refractivity contribution in [1.29, 1.82) is 0 Å². The zero-order valence-corrected chi connectivity index (χ0v) is 23.1. The average Bonchev–Trinajstić information content (AvgIpc) is 3.23. The first-order valence-electron chi connectivity index (χ1n) is 13.4. The summed E-state index contributed by atoms with van der Waals surface area (Å²) < 4.78 is 77.8. The highest BCUT2D eigenvalue weighted by Crippen LogP contribution is 2.40. The summed E-state index contributed by atoms with van der Waals surface area (Å²) in [7, 11) is 1.33. The number of carbonyl (C=O) groups excluding carboxylic acids is 1. The molecule has 3 atom stereocenters. The third-order valence-corrected chi connectivity index (χ3v) is 7.97. The van der Waals surface area contributed by atoms with Crippen LogP contribution in [0.25, 0.3) is 16.6 Å². The number of hydrogen-bond acceptors (Lipinski definition) is 6. The summed E-state index contributed by atoms with van der Waals surface area (Å²) >= 11 is 0. The number of halogens is 5. The Hall–Kier alpha value is -3.77. The Morgan fingerprint density at radius 1 is 1.29 bits per heavy atom. The van der Waals surface area contributed by atoms with Crippen molar-refractivity contribution >= 4 is 28.8 Å². The molecule has 3 aromatic rings. The van der Waals surface area contributed by atoms with Crippen molar-refractivity contribution in [2.45, 2.75) is 58.4 Å². The summed E-state index contributed by atoms with van der Waals surface area (Å²) in [5.74, 6) is -4.97. The molecule has 2 aliphatic rings. The second-order valence-electron chi connectivity index (χ2n) is 10.8. The van der Waals surface area contributed by atoms with Crippen LogP contribution in [-0.2, 0) is 11.2 Å². The minimum absolute atomic E-state index is 0.0269. The van der Waals surface area contributed by atoms with Crippen LogP contribution in [0.2, 0.25) is 0 Å². The molecule has 2 aliphatic heterocycles. The molecule has 5 rings (SSSR count). The lowest BCUT2D eigenvalue weighted by atomic mass is 9.80. The molecule has 0 radical (unpaired) electrons. The van der Waals surface area contributed by atoms with E-state index in [1.165, 1.54) is 18.5 Å². The summed E-state index contributed by atoms with van der Waals surface area (Å²) in [5.41, 5.74) is 3.12. The maximum atomic E-state index is 15.4. The molecule has 4 heterocycles. The minimum atomic E-state index is -3.24. The second-order valence-corrected chi connectivity index (χ2v) is 10.8. The van der Waals surface area contributed by atoms with Gasteiger partial charge in [-0.25, -0.2) is 26.5 Å². The molecule has 0 spiro atoms. The van der Waals surface area contributed by atoms with Crippen LogP contribution in [0.15, 0.2) is 29.4 Å². The number of rotatable bonds is 7. The molecule has 1 unspecified atom stereocenters. The first-order valence-corrected chi connectivity index (χ1v) is 13.4. The van der Waals surface area contributed by atoms with E-state index in [-0.39, 0.29) is 54.1 Å². The van der Waals surface area contributed by atoms with Gasteiger partial charge in [0.2, 0.25) is 24.2 Å². The SMILES string of the molecule is COc1nc(NC2CCN(C(C)=O)CC2(F)F)nn2cc(F)c(-c3ccc4c(c3)C[C@H]([C@H](C)CC(F)F)C(C)=N4)c12. The lowest BCUT2D eigenvalue weighted by Crippen LogP contribution is -2.55. The number of alkyl halides is 4. The highest BCUT2D eigenvalue weighted by atomic mass is 19.3. The van der Waals surface area contributed by atoms with Gasteiger partial charge in [-0.1, -0.05) is 13.0 Å². The number of fused-ring (bicyclic) bond motifs is 2. The topological polar surface area (TPSA) is 84.1 Å². The fourth-order valence-electron chi connectivity index (χ4n) is 5.77. The number of anilines is 1. The molecule has 1 fully saturated rings. The summed E-state index contributed by atoms with van der Waals surface area (Å²) in [6.07, 6.45) is -1.09. The molecule has 1 aromatic carbocycles. The summed E-state index contributed by atoms with van der Waals surface area (Å²) in [6.45, 7) is 4.27. The normalized spacial score (nSPS) is 21.0. The zero-order valence-electron chi connectivity index (χ0n) is 23.1. The van der Waals surface area contributed by atoms with Crippen LogP contribution in [0.3, 0.4) is 0 Å². The predicted molar refractivity (Wildman–Crippen MR) is 144 cm³/mol. The van der Waals surface area contributed by atoms with Gasteiger partial charge in [0.15, 0.2) is 5.82 Å². The van der Waals surface area contributed by atoms with E-state index >= 15 is 4.39 Å². The third kappa shape index (κ3) is 5.58. The number of methoxy groups -OCH3 is 1. The van der Waals surface area contributed by atoms with Gasteiger partial charge in [0.25, 0.3) is 5.92 Å². The monoisotopic (exact) mass is 578 g/mol. The predicted octanol–water partition coefficient (Wildman–Crippen LogP) is 5.77. The van der Waals surface area contributed by atoms with Crippen LogP contribution in [0, 0.1) is 17.7 Å². The van der Waals surface area contributed by atoms with Gasteiger partial charge in [0.1, 0.15) is 5.52 Å². The van der Waals surface area contributed by atoms with E-state index in [0.29, 0.717) is 17.7 Å².